The first-order chi connectivity index (χ1) is 16.6. The Kier molecular flexibility index (Phi) is 6.80. The molecule has 4 aliphatic carbocycles. The second-order valence-electron chi connectivity index (χ2n) is 10.8. The van der Waals surface area contributed by atoms with Crippen LogP contribution >= 0.6 is 31.9 Å². The predicted octanol–water partition coefficient (Wildman–Crippen LogP) is 6.91. The van der Waals surface area contributed by atoms with E-state index in [2.05, 4.69) is 78.1 Å². The van der Waals surface area contributed by atoms with E-state index in [-0.39, 0.29) is 0 Å². The summed E-state index contributed by atoms with van der Waals surface area (Å²) in [5, 5.41) is 6.44. The van der Waals surface area contributed by atoms with Crippen LogP contribution in [0.15, 0.2) is 45.3 Å². The Morgan fingerprint density at radius 1 is 0.765 bits per heavy atom. The van der Waals surface area contributed by atoms with E-state index in [4.69, 9.17) is 9.47 Å². The molecule has 6 heteroatoms. The average molecular weight is 590 g/mol. The fraction of sp³-hybridized carbons (Fsp3) is 0.571. The molecule has 4 fully saturated rings. The summed E-state index contributed by atoms with van der Waals surface area (Å²) in [7, 11) is 0. The molecule has 4 saturated carbocycles. The van der Waals surface area contributed by atoms with Gasteiger partial charge in [-0.2, -0.15) is 0 Å². The van der Waals surface area contributed by atoms with Gasteiger partial charge in [0.25, 0.3) is 0 Å². The molecule has 0 aliphatic heterocycles. The molecule has 1 aromatic heterocycles. The standard InChI is InChI=1S/C28H34Br2N2O2/c29-22-1-3-26-24(14-22)25-15-23(30)2-4-27(25)32(26)6-8-34-10-9-33-7-5-31-28-16-19-11-20(17-28)13-21(12-19)18-28/h1-4,14-15,19-21,31H,5-13,16-18H2. The smallest absolute Gasteiger partial charge is 0.0701 e. The first kappa shape index (κ1) is 23.5. The SMILES string of the molecule is Brc1ccc2c(c1)c1cc(Br)ccc1n2CCOCCOCCNC12CC3CC(CC(C3)C1)C2. The van der Waals surface area contributed by atoms with Crippen LogP contribution in [0.4, 0.5) is 0 Å². The number of hydrogen-bond donors (Lipinski definition) is 1. The third-order valence-electron chi connectivity index (χ3n) is 8.40. The van der Waals surface area contributed by atoms with Gasteiger partial charge in [-0.25, -0.2) is 0 Å². The van der Waals surface area contributed by atoms with E-state index in [0.717, 1.165) is 46.4 Å². The molecule has 3 aromatic rings. The van der Waals surface area contributed by atoms with Gasteiger partial charge in [0.05, 0.1) is 26.4 Å². The molecule has 4 nitrogen and oxygen atoms in total. The zero-order valence-electron chi connectivity index (χ0n) is 19.7. The van der Waals surface area contributed by atoms with Gasteiger partial charge in [0.15, 0.2) is 0 Å². The van der Waals surface area contributed by atoms with Crippen molar-refractivity contribution in [3.63, 3.8) is 0 Å². The van der Waals surface area contributed by atoms with Gasteiger partial charge in [-0.3, -0.25) is 0 Å². The molecule has 0 radical (unpaired) electrons. The number of hydrogen-bond acceptors (Lipinski definition) is 3. The molecule has 182 valence electrons. The van der Waals surface area contributed by atoms with Crippen LogP contribution in [0.3, 0.4) is 0 Å². The van der Waals surface area contributed by atoms with E-state index in [1.165, 1.54) is 60.3 Å². The Labute approximate surface area is 219 Å². The number of nitrogens with zero attached hydrogens (tertiary/aromatic N) is 1. The average Bonchev–Trinajstić information content (AvgIpc) is 3.09. The van der Waals surface area contributed by atoms with Crippen molar-refractivity contribution in [3.8, 4) is 0 Å². The fourth-order valence-corrected chi connectivity index (χ4v) is 8.20. The van der Waals surface area contributed by atoms with Crippen LogP contribution in [0.5, 0.6) is 0 Å². The van der Waals surface area contributed by atoms with Crippen molar-refractivity contribution in [2.75, 3.05) is 33.0 Å². The van der Waals surface area contributed by atoms with E-state index in [1.54, 1.807) is 0 Å². The van der Waals surface area contributed by atoms with Crippen molar-refractivity contribution in [1.82, 2.24) is 9.88 Å². The lowest BCUT2D eigenvalue weighted by Crippen LogP contribution is -2.58. The highest BCUT2D eigenvalue weighted by Gasteiger charge is 2.50. The van der Waals surface area contributed by atoms with E-state index in [1.807, 2.05) is 0 Å². The number of aromatic nitrogens is 1. The number of benzene rings is 2. The molecule has 0 atom stereocenters. The highest BCUT2D eigenvalue weighted by Crippen LogP contribution is 2.55. The molecular formula is C28H34Br2N2O2. The van der Waals surface area contributed by atoms with Gasteiger partial charge in [0.2, 0.25) is 0 Å². The summed E-state index contributed by atoms with van der Waals surface area (Å²) in [6, 6.07) is 13.0. The highest BCUT2D eigenvalue weighted by molar-refractivity contribution is 9.10. The molecule has 1 N–H and O–H groups in total. The maximum Gasteiger partial charge on any atom is 0.0701 e. The quantitative estimate of drug-likeness (QED) is 0.261. The Hall–Kier alpha value is -0.920. The third-order valence-corrected chi connectivity index (χ3v) is 9.39. The predicted molar refractivity (Wildman–Crippen MR) is 145 cm³/mol. The number of nitrogens with one attached hydrogen (secondary N) is 1. The molecule has 1 heterocycles. The van der Waals surface area contributed by atoms with Crippen molar-refractivity contribution >= 4 is 53.7 Å². The Bertz CT molecular complexity index is 1080. The Morgan fingerprint density at radius 2 is 1.29 bits per heavy atom. The van der Waals surface area contributed by atoms with E-state index >= 15 is 0 Å². The lowest BCUT2D eigenvalue weighted by atomic mass is 9.53. The van der Waals surface area contributed by atoms with Crippen molar-refractivity contribution in [2.45, 2.75) is 50.6 Å². The van der Waals surface area contributed by atoms with Gasteiger partial charge in [-0.15, -0.1) is 0 Å². The van der Waals surface area contributed by atoms with Crippen LogP contribution in [0.25, 0.3) is 21.8 Å². The minimum atomic E-state index is 0.433. The van der Waals surface area contributed by atoms with E-state index in [9.17, 15) is 0 Å². The van der Waals surface area contributed by atoms with Crippen molar-refractivity contribution in [2.24, 2.45) is 17.8 Å². The topological polar surface area (TPSA) is 35.4 Å². The summed E-state index contributed by atoms with van der Waals surface area (Å²) < 4.78 is 16.4. The summed E-state index contributed by atoms with van der Waals surface area (Å²) >= 11 is 7.24. The van der Waals surface area contributed by atoms with Crippen molar-refractivity contribution < 1.29 is 9.47 Å². The number of halogens is 2. The molecule has 7 rings (SSSR count). The summed E-state index contributed by atoms with van der Waals surface area (Å²) in [5.74, 6) is 2.97. The molecule has 0 unspecified atom stereocenters. The third kappa shape index (κ3) is 4.73. The van der Waals surface area contributed by atoms with E-state index < -0.39 is 0 Å². The summed E-state index contributed by atoms with van der Waals surface area (Å²) in [5.41, 5.74) is 2.92. The van der Waals surface area contributed by atoms with Crippen LogP contribution < -0.4 is 5.32 Å². The highest BCUT2D eigenvalue weighted by atomic mass is 79.9. The Balaban J connectivity index is 0.946. The fourth-order valence-electron chi connectivity index (χ4n) is 7.48. The van der Waals surface area contributed by atoms with E-state index in [0.29, 0.717) is 25.4 Å². The number of rotatable bonds is 10. The van der Waals surface area contributed by atoms with Crippen LogP contribution in [0, 0.1) is 17.8 Å². The molecule has 0 spiro atoms. The molecule has 2 aromatic carbocycles. The minimum absolute atomic E-state index is 0.433. The Morgan fingerprint density at radius 3 is 1.85 bits per heavy atom. The second-order valence-corrected chi connectivity index (χ2v) is 12.7. The van der Waals surface area contributed by atoms with Crippen LogP contribution in [-0.4, -0.2) is 43.1 Å². The van der Waals surface area contributed by atoms with Crippen molar-refractivity contribution in [1.29, 1.82) is 0 Å². The number of ether oxygens (including phenoxy) is 2. The first-order valence-electron chi connectivity index (χ1n) is 12.9. The van der Waals surface area contributed by atoms with Gasteiger partial charge >= 0.3 is 0 Å². The second kappa shape index (κ2) is 9.85. The largest absolute Gasteiger partial charge is 0.378 e. The monoisotopic (exact) mass is 588 g/mol. The zero-order valence-corrected chi connectivity index (χ0v) is 22.9. The molecule has 0 amide bonds. The maximum atomic E-state index is 5.95. The maximum absolute atomic E-state index is 5.95. The first-order valence-corrected chi connectivity index (χ1v) is 14.4. The number of fused-ring (bicyclic) bond motifs is 3. The molecule has 4 aliphatic rings. The summed E-state index contributed by atoms with van der Waals surface area (Å²) in [6.07, 6.45) is 8.70. The molecular weight excluding hydrogens is 556 g/mol. The van der Waals surface area contributed by atoms with Gasteiger partial charge in [0.1, 0.15) is 0 Å². The zero-order chi connectivity index (χ0) is 23.1. The summed E-state index contributed by atoms with van der Waals surface area (Å²) in [4.78, 5) is 0. The van der Waals surface area contributed by atoms with Crippen molar-refractivity contribution in [3.05, 3.63) is 45.3 Å². The van der Waals surface area contributed by atoms with Gasteiger partial charge in [-0.05, 0) is 92.7 Å². The minimum Gasteiger partial charge on any atom is -0.378 e. The van der Waals surface area contributed by atoms with Gasteiger partial charge in [0, 0.05) is 49.4 Å². The lowest BCUT2D eigenvalue weighted by molar-refractivity contribution is -0.0244. The van der Waals surface area contributed by atoms with Crippen LogP contribution in [0.2, 0.25) is 0 Å². The lowest BCUT2D eigenvalue weighted by Gasteiger charge is -2.57. The van der Waals surface area contributed by atoms with Gasteiger partial charge in [-0.1, -0.05) is 31.9 Å². The van der Waals surface area contributed by atoms with Crippen LogP contribution in [0.1, 0.15) is 38.5 Å². The molecule has 0 saturated heterocycles. The summed E-state index contributed by atoms with van der Waals surface area (Å²) in [6.45, 7) is 4.57. The molecule has 4 bridgehead atoms. The molecule has 34 heavy (non-hydrogen) atoms. The van der Waals surface area contributed by atoms with Gasteiger partial charge < -0.3 is 19.4 Å². The van der Waals surface area contributed by atoms with Crippen LogP contribution in [-0.2, 0) is 16.0 Å². The normalized spacial score (nSPS) is 27.9.